The SMILES string of the molecule is CC(C)CNC(=O)C1CC(=O)N(c2ccc(F)c(Cl)c2)C1. The highest BCUT2D eigenvalue weighted by Gasteiger charge is 2.35. The molecule has 0 radical (unpaired) electrons. The van der Waals surface area contributed by atoms with Crippen LogP contribution < -0.4 is 10.2 Å². The van der Waals surface area contributed by atoms with Crippen LogP contribution in [-0.2, 0) is 9.59 Å². The maximum atomic E-state index is 13.2. The summed E-state index contributed by atoms with van der Waals surface area (Å²) in [7, 11) is 0. The molecule has 1 aromatic carbocycles. The molecule has 1 saturated heterocycles. The molecule has 1 unspecified atom stereocenters. The average Bonchev–Trinajstić information content (AvgIpc) is 2.81. The molecule has 1 N–H and O–H groups in total. The number of nitrogens with one attached hydrogen (secondary N) is 1. The Morgan fingerprint density at radius 3 is 2.86 bits per heavy atom. The average molecular weight is 313 g/mol. The highest BCUT2D eigenvalue weighted by molar-refractivity contribution is 6.31. The summed E-state index contributed by atoms with van der Waals surface area (Å²) in [5.41, 5.74) is 0.519. The summed E-state index contributed by atoms with van der Waals surface area (Å²) < 4.78 is 13.2. The maximum absolute atomic E-state index is 13.2. The number of hydrogen-bond acceptors (Lipinski definition) is 2. The predicted molar refractivity (Wildman–Crippen MR) is 79.7 cm³/mol. The standard InChI is InChI=1S/C15H18ClFN2O2/c1-9(2)7-18-15(21)10-5-14(20)19(8-10)11-3-4-13(17)12(16)6-11/h3-4,6,9-10H,5,7-8H2,1-2H3,(H,18,21). The molecule has 0 bridgehead atoms. The van der Waals surface area contributed by atoms with Gasteiger partial charge in [-0.2, -0.15) is 0 Å². The van der Waals surface area contributed by atoms with Crippen molar-refractivity contribution in [2.45, 2.75) is 20.3 Å². The van der Waals surface area contributed by atoms with Crippen LogP contribution in [0.4, 0.5) is 10.1 Å². The third kappa shape index (κ3) is 3.73. The van der Waals surface area contributed by atoms with Gasteiger partial charge in [-0.3, -0.25) is 9.59 Å². The van der Waals surface area contributed by atoms with E-state index in [2.05, 4.69) is 5.32 Å². The van der Waals surface area contributed by atoms with Crippen molar-refractivity contribution >= 4 is 29.1 Å². The zero-order chi connectivity index (χ0) is 15.6. The van der Waals surface area contributed by atoms with Crippen molar-refractivity contribution in [1.82, 2.24) is 5.32 Å². The summed E-state index contributed by atoms with van der Waals surface area (Å²) >= 11 is 5.73. The fraction of sp³-hybridized carbons (Fsp3) is 0.467. The van der Waals surface area contributed by atoms with Crippen LogP contribution in [0.1, 0.15) is 20.3 Å². The second-order valence-corrected chi connectivity index (χ2v) is 6.05. The normalized spacial score (nSPS) is 18.4. The van der Waals surface area contributed by atoms with Crippen molar-refractivity contribution < 1.29 is 14.0 Å². The number of halogens is 2. The molecule has 0 aliphatic carbocycles. The van der Waals surface area contributed by atoms with Crippen LogP contribution in [0, 0.1) is 17.7 Å². The van der Waals surface area contributed by atoms with Gasteiger partial charge in [0.2, 0.25) is 11.8 Å². The molecule has 1 fully saturated rings. The van der Waals surface area contributed by atoms with Crippen LogP contribution in [-0.4, -0.2) is 24.9 Å². The van der Waals surface area contributed by atoms with E-state index in [0.29, 0.717) is 24.7 Å². The highest BCUT2D eigenvalue weighted by atomic mass is 35.5. The molecule has 114 valence electrons. The Morgan fingerprint density at radius 1 is 1.52 bits per heavy atom. The van der Waals surface area contributed by atoms with E-state index in [1.54, 1.807) is 0 Å². The Kier molecular flexibility index (Phi) is 4.83. The predicted octanol–water partition coefficient (Wildman–Crippen LogP) is 2.60. The molecule has 1 atom stereocenters. The van der Waals surface area contributed by atoms with E-state index in [-0.39, 0.29) is 29.2 Å². The van der Waals surface area contributed by atoms with Crippen LogP contribution in [0.2, 0.25) is 5.02 Å². The molecule has 1 aromatic rings. The van der Waals surface area contributed by atoms with E-state index >= 15 is 0 Å². The third-order valence-corrected chi connectivity index (χ3v) is 3.68. The summed E-state index contributed by atoms with van der Waals surface area (Å²) in [6, 6.07) is 4.12. The zero-order valence-electron chi connectivity index (χ0n) is 12.0. The van der Waals surface area contributed by atoms with Crippen LogP contribution in [0.3, 0.4) is 0 Å². The molecule has 4 nitrogen and oxygen atoms in total. The van der Waals surface area contributed by atoms with Crippen LogP contribution in [0.25, 0.3) is 0 Å². The number of carbonyl (C=O) groups is 2. The van der Waals surface area contributed by atoms with Crippen molar-refractivity contribution in [3.63, 3.8) is 0 Å². The third-order valence-electron chi connectivity index (χ3n) is 3.40. The Bertz CT molecular complexity index is 563. The lowest BCUT2D eigenvalue weighted by Gasteiger charge is -2.17. The van der Waals surface area contributed by atoms with Gasteiger partial charge in [0.15, 0.2) is 0 Å². The minimum atomic E-state index is -0.529. The van der Waals surface area contributed by atoms with Crippen LogP contribution >= 0.6 is 11.6 Å². The summed E-state index contributed by atoms with van der Waals surface area (Å²) in [6.45, 7) is 4.90. The van der Waals surface area contributed by atoms with Crippen LogP contribution in [0.5, 0.6) is 0 Å². The Morgan fingerprint density at radius 2 is 2.24 bits per heavy atom. The topological polar surface area (TPSA) is 49.4 Å². The first-order chi connectivity index (χ1) is 9.88. The fourth-order valence-corrected chi connectivity index (χ4v) is 2.41. The maximum Gasteiger partial charge on any atom is 0.227 e. The van der Waals surface area contributed by atoms with Gasteiger partial charge in [0.1, 0.15) is 5.82 Å². The first kappa shape index (κ1) is 15.8. The monoisotopic (exact) mass is 312 g/mol. The van der Waals surface area contributed by atoms with E-state index in [4.69, 9.17) is 11.6 Å². The summed E-state index contributed by atoms with van der Waals surface area (Å²) in [5.74, 6) is -0.813. The van der Waals surface area contributed by atoms with Gasteiger partial charge in [-0.15, -0.1) is 0 Å². The second-order valence-electron chi connectivity index (χ2n) is 5.64. The first-order valence-electron chi connectivity index (χ1n) is 6.91. The number of anilines is 1. The number of carbonyl (C=O) groups excluding carboxylic acids is 2. The first-order valence-corrected chi connectivity index (χ1v) is 7.29. The van der Waals surface area contributed by atoms with Gasteiger partial charge in [-0.1, -0.05) is 25.4 Å². The van der Waals surface area contributed by atoms with Crippen molar-refractivity contribution in [2.75, 3.05) is 18.0 Å². The number of benzene rings is 1. The largest absolute Gasteiger partial charge is 0.356 e. The van der Waals surface area contributed by atoms with Gasteiger partial charge in [0.05, 0.1) is 10.9 Å². The number of rotatable bonds is 4. The molecule has 1 aliphatic heterocycles. The molecule has 2 rings (SSSR count). The number of hydrogen-bond donors (Lipinski definition) is 1. The van der Waals surface area contributed by atoms with E-state index in [9.17, 15) is 14.0 Å². The van der Waals surface area contributed by atoms with Crippen molar-refractivity contribution in [3.05, 3.63) is 29.0 Å². The van der Waals surface area contributed by atoms with E-state index < -0.39 is 5.82 Å². The van der Waals surface area contributed by atoms with Gasteiger partial charge >= 0.3 is 0 Å². The van der Waals surface area contributed by atoms with Crippen molar-refractivity contribution in [1.29, 1.82) is 0 Å². The molecule has 0 aromatic heterocycles. The highest BCUT2D eigenvalue weighted by Crippen LogP contribution is 2.28. The summed E-state index contributed by atoms with van der Waals surface area (Å²) in [4.78, 5) is 25.5. The smallest absolute Gasteiger partial charge is 0.227 e. The van der Waals surface area contributed by atoms with Crippen LogP contribution in [0.15, 0.2) is 18.2 Å². The quantitative estimate of drug-likeness (QED) is 0.929. The van der Waals surface area contributed by atoms with Crippen molar-refractivity contribution in [3.8, 4) is 0 Å². The minimum absolute atomic E-state index is 0.0343. The van der Waals surface area contributed by atoms with E-state index in [1.165, 1.54) is 23.1 Å². The molecule has 1 heterocycles. The Labute approximate surface area is 128 Å². The van der Waals surface area contributed by atoms with E-state index in [0.717, 1.165) is 0 Å². The Hall–Kier alpha value is -1.62. The fourth-order valence-electron chi connectivity index (χ4n) is 2.23. The molecular formula is C15H18ClFN2O2. The minimum Gasteiger partial charge on any atom is -0.356 e. The van der Waals surface area contributed by atoms with Crippen molar-refractivity contribution in [2.24, 2.45) is 11.8 Å². The summed E-state index contributed by atoms with van der Waals surface area (Å²) in [5, 5.41) is 2.80. The molecule has 1 aliphatic rings. The molecule has 21 heavy (non-hydrogen) atoms. The van der Waals surface area contributed by atoms with Gasteiger partial charge < -0.3 is 10.2 Å². The lowest BCUT2D eigenvalue weighted by atomic mass is 10.1. The molecule has 6 heteroatoms. The van der Waals surface area contributed by atoms with Gasteiger partial charge in [-0.25, -0.2) is 4.39 Å². The van der Waals surface area contributed by atoms with Gasteiger partial charge in [0, 0.05) is 25.2 Å². The molecular weight excluding hydrogens is 295 g/mol. The van der Waals surface area contributed by atoms with Gasteiger partial charge in [-0.05, 0) is 24.1 Å². The number of nitrogens with zero attached hydrogens (tertiary/aromatic N) is 1. The molecule has 0 spiro atoms. The number of amides is 2. The zero-order valence-corrected chi connectivity index (χ0v) is 12.8. The van der Waals surface area contributed by atoms with E-state index in [1.807, 2.05) is 13.8 Å². The molecule has 0 saturated carbocycles. The lowest BCUT2D eigenvalue weighted by Crippen LogP contribution is -2.35. The second kappa shape index (κ2) is 6.43. The lowest BCUT2D eigenvalue weighted by molar-refractivity contribution is -0.126. The summed E-state index contributed by atoms with van der Waals surface area (Å²) in [6.07, 6.45) is 0.166. The molecule has 2 amide bonds. The van der Waals surface area contributed by atoms with Gasteiger partial charge in [0.25, 0.3) is 0 Å². The Balaban J connectivity index is 2.05.